The zero-order valence-electron chi connectivity index (χ0n) is 20.8. The van der Waals surface area contributed by atoms with Crippen molar-refractivity contribution in [3.63, 3.8) is 0 Å². The van der Waals surface area contributed by atoms with E-state index in [0.717, 1.165) is 30.2 Å². The Kier molecular flexibility index (Phi) is 7.50. The van der Waals surface area contributed by atoms with Gasteiger partial charge in [-0.05, 0) is 49.4 Å². The summed E-state index contributed by atoms with van der Waals surface area (Å²) in [5, 5.41) is 27.9. The second kappa shape index (κ2) is 11.3. The third-order valence-corrected chi connectivity index (χ3v) is 6.61. The number of carbonyl (C=O) groups is 3. The number of fused-ring (bicyclic) bond motifs is 2. The van der Waals surface area contributed by atoms with Crippen LogP contribution < -0.4 is 20.7 Å². The van der Waals surface area contributed by atoms with Gasteiger partial charge in [-0.25, -0.2) is 19.7 Å². The summed E-state index contributed by atoms with van der Waals surface area (Å²) in [6.07, 6.45) is 2.50. The van der Waals surface area contributed by atoms with Gasteiger partial charge in [0.15, 0.2) is 11.8 Å². The first-order valence-electron chi connectivity index (χ1n) is 12.5. The first kappa shape index (κ1) is 25.9. The zero-order valence-corrected chi connectivity index (χ0v) is 20.8. The van der Waals surface area contributed by atoms with Gasteiger partial charge in [0.05, 0.1) is 12.4 Å². The Hall–Kier alpha value is -4.78. The number of carboxylic acids is 1. The van der Waals surface area contributed by atoms with Crippen molar-refractivity contribution in [3.8, 4) is 5.75 Å². The topological polar surface area (TPSA) is 191 Å². The number of carbonyl (C=O) groups excluding carboxylic acids is 1. The number of anilines is 1. The Bertz CT molecular complexity index is 1520. The summed E-state index contributed by atoms with van der Waals surface area (Å²) in [6.45, 7) is 0.862. The van der Waals surface area contributed by atoms with Gasteiger partial charge in [0.1, 0.15) is 29.3 Å². The second-order valence-corrected chi connectivity index (χ2v) is 9.22. The molecule has 39 heavy (non-hydrogen) atoms. The Labute approximate surface area is 222 Å². The molecule has 2 amide bonds. The van der Waals surface area contributed by atoms with Gasteiger partial charge in [-0.3, -0.25) is 9.59 Å². The van der Waals surface area contributed by atoms with E-state index in [1.165, 1.54) is 6.33 Å². The first-order valence-corrected chi connectivity index (χ1v) is 12.5. The molecule has 6 N–H and O–H groups in total. The van der Waals surface area contributed by atoms with Crippen LogP contribution in [0.25, 0.3) is 21.9 Å². The second-order valence-electron chi connectivity index (χ2n) is 9.22. The van der Waals surface area contributed by atoms with E-state index in [1.807, 2.05) is 24.3 Å². The molecule has 2 unspecified atom stereocenters. The fourth-order valence-corrected chi connectivity index (χ4v) is 4.77. The largest absolute Gasteiger partial charge is 0.482 e. The van der Waals surface area contributed by atoms with Gasteiger partial charge in [0, 0.05) is 17.5 Å². The summed E-state index contributed by atoms with van der Waals surface area (Å²) < 4.78 is 6.63. The smallest absolute Gasteiger partial charge is 0.405 e. The molecule has 13 nitrogen and oxygen atoms in total. The summed E-state index contributed by atoms with van der Waals surface area (Å²) in [4.78, 5) is 51.0. The average Bonchev–Trinajstić information content (AvgIpc) is 3.62. The summed E-state index contributed by atoms with van der Waals surface area (Å²) >= 11 is 0. The van der Waals surface area contributed by atoms with E-state index in [-0.39, 0.29) is 18.9 Å². The third-order valence-electron chi connectivity index (χ3n) is 6.61. The molecular formula is C26H27N7O6. The van der Waals surface area contributed by atoms with Gasteiger partial charge in [-0.15, -0.1) is 0 Å². The lowest BCUT2D eigenvalue weighted by Gasteiger charge is -2.25. The number of H-pyrrole nitrogens is 1. The lowest BCUT2D eigenvalue weighted by atomic mass is 10.0. The number of hydrogen-bond acceptors (Lipinski definition) is 8. The van der Waals surface area contributed by atoms with Crippen LogP contribution >= 0.6 is 0 Å². The molecule has 13 heteroatoms. The van der Waals surface area contributed by atoms with E-state index < -0.39 is 30.1 Å². The Morgan fingerprint density at radius 2 is 2.00 bits per heavy atom. The SMILES string of the molecule is O=C(O)CCC(NC(=O)O)C(=O)Nc1ccc2cccc(O[C@@H](c3ncnc4nc[nH]c34)C3CCCN3)c2c1. The number of rotatable bonds is 10. The lowest BCUT2D eigenvalue weighted by Crippen LogP contribution is -2.43. The number of ether oxygens (including phenoxy) is 1. The van der Waals surface area contributed by atoms with Gasteiger partial charge in [-0.2, -0.15) is 0 Å². The van der Waals surface area contributed by atoms with Gasteiger partial charge in [0.25, 0.3) is 0 Å². The van der Waals surface area contributed by atoms with E-state index in [9.17, 15) is 14.4 Å². The van der Waals surface area contributed by atoms with Crippen LogP contribution in [-0.2, 0) is 9.59 Å². The number of benzene rings is 2. The fraction of sp³-hybridized carbons (Fsp3) is 0.308. The summed E-state index contributed by atoms with van der Waals surface area (Å²) in [7, 11) is 0. The van der Waals surface area contributed by atoms with Crippen molar-refractivity contribution < 1.29 is 29.3 Å². The first-order chi connectivity index (χ1) is 18.9. The van der Waals surface area contributed by atoms with Gasteiger partial charge in [0.2, 0.25) is 5.91 Å². The maximum atomic E-state index is 12.8. The molecule has 0 saturated carbocycles. The van der Waals surface area contributed by atoms with E-state index >= 15 is 0 Å². The molecule has 0 spiro atoms. The molecule has 0 bridgehead atoms. The maximum Gasteiger partial charge on any atom is 0.405 e. The van der Waals surface area contributed by atoms with Crippen molar-refractivity contribution in [2.75, 3.05) is 11.9 Å². The molecule has 3 atom stereocenters. The van der Waals surface area contributed by atoms with Gasteiger partial charge < -0.3 is 35.9 Å². The van der Waals surface area contributed by atoms with Crippen molar-refractivity contribution in [1.82, 2.24) is 30.6 Å². The Morgan fingerprint density at radius 3 is 2.77 bits per heavy atom. The summed E-state index contributed by atoms with van der Waals surface area (Å²) in [6, 6.07) is 9.64. The van der Waals surface area contributed by atoms with Crippen LogP contribution in [-0.4, -0.2) is 66.7 Å². The Balaban J connectivity index is 1.45. The predicted molar refractivity (Wildman–Crippen MR) is 140 cm³/mol. The summed E-state index contributed by atoms with van der Waals surface area (Å²) in [5.74, 6) is -1.22. The van der Waals surface area contributed by atoms with Crippen LogP contribution in [0.4, 0.5) is 10.5 Å². The molecule has 1 fully saturated rings. The number of carboxylic acid groups (broad SMARTS) is 2. The quantitative estimate of drug-likeness (QED) is 0.177. The minimum absolute atomic E-state index is 0.00151. The maximum absolute atomic E-state index is 12.8. The van der Waals surface area contributed by atoms with Gasteiger partial charge in [-0.1, -0.05) is 18.2 Å². The van der Waals surface area contributed by atoms with E-state index in [4.69, 9.17) is 14.9 Å². The highest BCUT2D eigenvalue weighted by Crippen LogP contribution is 2.35. The molecule has 2 aromatic carbocycles. The van der Waals surface area contributed by atoms with Crippen molar-refractivity contribution in [3.05, 3.63) is 54.7 Å². The van der Waals surface area contributed by atoms with Crippen LogP contribution in [0.5, 0.6) is 5.75 Å². The highest BCUT2D eigenvalue weighted by Gasteiger charge is 2.31. The van der Waals surface area contributed by atoms with E-state index in [0.29, 0.717) is 28.3 Å². The van der Waals surface area contributed by atoms with Crippen LogP contribution in [0.1, 0.15) is 37.5 Å². The summed E-state index contributed by atoms with van der Waals surface area (Å²) in [5.41, 5.74) is 2.33. The number of amides is 2. The number of aliphatic carboxylic acids is 1. The molecule has 1 saturated heterocycles. The van der Waals surface area contributed by atoms with Crippen molar-refractivity contribution in [1.29, 1.82) is 0 Å². The molecule has 2 aromatic heterocycles. The number of hydrogen-bond donors (Lipinski definition) is 6. The fourth-order valence-electron chi connectivity index (χ4n) is 4.77. The third kappa shape index (κ3) is 5.88. The van der Waals surface area contributed by atoms with Crippen LogP contribution in [0.15, 0.2) is 49.1 Å². The zero-order chi connectivity index (χ0) is 27.4. The normalized spacial score (nSPS) is 16.6. The standard InChI is InChI=1S/C26H27N7O6/c34-20(35)9-8-18(33-26(37)38)25(36)32-15-7-6-14-3-1-5-19(16(14)11-15)39-23(17-4-2-10-27-17)21-22-24(30-12-28-21)31-13-29-22/h1,3,5-7,11-13,17-18,23,27,33H,2,4,8-10H2,(H,32,36)(H,34,35)(H,37,38)(H,28,29,30,31)/t17?,18?,23-/m1/s1. The van der Waals surface area contributed by atoms with Crippen LogP contribution in [0.3, 0.4) is 0 Å². The molecule has 0 aliphatic carbocycles. The Morgan fingerprint density at radius 1 is 1.13 bits per heavy atom. The van der Waals surface area contributed by atoms with Crippen LogP contribution in [0, 0.1) is 0 Å². The highest BCUT2D eigenvalue weighted by atomic mass is 16.5. The van der Waals surface area contributed by atoms with Crippen molar-refractivity contribution in [2.45, 2.75) is 43.9 Å². The number of nitrogens with zero attached hydrogens (tertiary/aromatic N) is 3. The number of aromatic nitrogens is 4. The average molecular weight is 534 g/mol. The molecule has 202 valence electrons. The predicted octanol–water partition coefficient (Wildman–Crippen LogP) is 2.82. The highest BCUT2D eigenvalue weighted by molar-refractivity contribution is 5.99. The van der Waals surface area contributed by atoms with E-state index in [2.05, 4.69) is 35.9 Å². The van der Waals surface area contributed by atoms with E-state index in [1.54, 1.807) is 18.5 Å². The molecular weight excluding hydrogens is 506 g/mol. The molecule has 5 rings (SSSR count). The van der Waals surface area contributed by atoms with Crippen molar-refractivity contribution in [2.24, 2.45) is 0 Å². The molecule has 1 aliphatic rings. The number of nitrogens with one attached hydrogen (secondary N) is 4. The molecule has 1 aliphatic heterocycles. The molecule has 0 radical (unpaired) electrons. The number of aromatic amines is 1. The minimum Gasteiger partial charge on any atom is -0.482 e. The van der Waals surface area contributed by atoms with Gasteiger partial charge >= 0.3 is 12.1 Å². The number of imidazole rings is 1. The monoisotopic (exact) mass is 533 g/mol. The van der Waals surface area contributed by atoms with Crippen LogP contribution in [0.2, 0.25) is 0 Å². The molecule has 4 aromatic rings. The van der Waals surface area contributed by atoms with Crippen molar-refractivity contribution >= 4 is 45.6 Å². The lowest BCUT2D eigenvalue weighted by molar-refractivity contribution is -0.137. The minimum atomic E-state index is -1.42. The molecule has 3 heterocycles.